The summed E-state index contributed by atoms with van der Waals surface area (Å²) in [7, 11) is 1.66. The molecule has 0 fully saturated rings. The third-order valence-electron chi connectivity index (χ3n) is 3.75. The van der Waals surface area contributed by atoms with Gasteiger partial charge in [0.2, 0.25) is 0 Å². The Hall–Kier alpha value is -2.20. The highest BCUT2D eigenvalue weighted by Crippen LogP contribution is 2.21. The summed E-state index contributed by atoms with van der Waals surface area (Å²) >= 11 is 0. The first-order valence-electron chi connectivity index (χ1n) is 7.38. The smallest absolute Gasteiger partial charge is 0.253 e. The summed E-state index contributed by atoms with van der Waals surface area (Å²) in [4.78, 5) is 12.1. The van der Waals surface area contributed by atoms with Crippen LogP contribution in [0.2, 0.25) is 0 Å². The number of nitrogen functional groups attached to an aromatic ring is 1. The predicted octanol–water partition coefficient (Wildman–Crippen LogP) is 3.62. The van der Waals surface area contributed by atoms with Crippen molar-refractivity contribution in [3.05, 3.63) is 59.7 Å². The second-order valence-corrected chi connectivity index (χ2v) is 5.31. The van der Waals surface area contributed by atoms with Gasteiger partial charge in [0.1, 0.15) is 5.75 Å². The molecule has 0 saturated carbocycles. The average Bonchev–Trinajstić information content (AvgIpc) is 2.55. The lowest BCUT2D eigenvalue weighted by atomic mass is 9.98. The molecule has 0 aromatic heterocycles. The molecule has 0 aliphatic rings. The van der Waals surface area contributed by atoms with Gasteiger partial charge >= 0.3 is 0 Å². The Balaban J connectivity index is 0.00000264. The van der Waals surface area contributed by atoms with Crippen molar-refractivity contribution in [1.82, 2.24) is 5.32 Å². The number of methoxy groups -OCH3 is 1. The summed E-state index contributed by atoms with van der Waals surface area (Å²) in [5, 5.41) is 2.92. The lowest BCUT2D eigenvalue weighted by Crippen LogP contribution is -2.26. The molecule has 2 rings (SSSR count). The Morgan fingerprint density at radius 2 is 1.83 bits per heavy atom. The molecule has 0 aliphatic carbocycles. The number of amides is 1. The van der Waals surface area contributed by atoms with Crippen molar-refractivity contribution in [2.24, 2.45) is 0 Å². The van der Waals surface area contributed by atoms with Crippen LogP contribution in [0, 0.1) is 0 Å². The first-order valence-corrected chi connectivity index (χ1v) is 7.38. The minimum atomic E-state index is -0.125. The highest BCUT2D eigenvalue weighted by atomic mass is 35.5. The molecular weight excluding hydrogens is 312 g/mol. The van der Waals surface area contributed by atoms with E-state index < -0.39 is 0 Å². The van der Waals surface area contributed by atoms with Crippen LogP contribution < -0.4 is 15.8 Å². The average molecular weight is 335 g/mol. The maximum Gasteiger partial charge on any atom is 0.253 e. The van der Waals surface area contributed by atoms with Crippen LogP contribution >= 0.6 is 12.4 Å². The van der Waals surface area contributed by atoms with Crippen LogP contribution in [0.1, 0.15) is 35.2 Å². The quantitative estimate of drug-likeness (QED) is 0.793. The molecule has 4 nitrogen and oxygen atoms in total. The largest absolute Gasteiger partial charge is 0.497 e. The van der Waals surface area contributed by atoms with Crippen molar-refractivity contribution in [2.75, 3.05) is 19.4 Å². The Morgan fingerprint density at radius 3 is 2.43 bits per heavy atom. The number of anilines is 1. The SMILES string of the molecule is COc1ccc(C(C)CCNC(=O)c2ccccc2N)cc1.Cl. The van der Waals surface area contributed by atoms with Gasteiger partial charge < -0.3 is 15.8 Å². The van der Waals surface area contributed by atoms with E-state index in [0.29, 0.717) is 23.7 Å². The summed E-state index contributed by atoms with van der Waals surface area (Å²) < 4.78 is 5.15. The van der Waals surface area contributed by atoms with E-state index in [-0.39, 0.29) is 18.3 Å². The lowest BCUT2D eigenvalue weighted by Gasteiger charge is -2.13. The molecule has 124 valence electrons. The van der Waals surface area contributed by atoms with Gasteiger partial charge in [-0.15, -0.1) is 12.4 Å². The number of ether oxygens (including phenoxy) is 1. The van der Waals surface area contributed by atoms with Crippen LogP contribution in [0.15, 0.2) is 48.5 Å². The zero-order valence-electron chi connectivity index (χ0n) is 13.4. The fraction of sp³-hybridized carbons (Fsp3) is 0.278. The van der Waals surface area contributed by atoms with E-state index in [1.807, 2.05) is 24.3 Å². The van der Waals surface area contributed by atoms with E-state index in [1.165, 1.54) is 5.56 Å². The van der Waals surface area contributed by atoms with Crippen molar-refractivity contribution >= 4 is 24.0 Å². The molecule has 0 saturated heterocycles. The van der Waals surface area contributed by atoms with Crippen molar-refractivity contribution < 1.29 is 9.53 Å². The van der Waals surface area contributed by atoms with Crippen LogP contribution in [0.5, 0.6) is 5.75 Å². The van der Waals surface area contributed by atoms with E-state index in [1.54, 1.807) is 19.2 Å². The summed E-state index contributed by atoms with van der Waals surface area (Å²) in [6.07, 6.45) is 0.866. The zero-order valence-corrected chi connectivity index (χ0v) is 14.2. The minimum Gasteiger partial charge on any atom is -0.497 e. The second kappa shape index (κ2) is 9.06. The molecule has 0 aliphatic heterocycles. The first kappa shape index (κ1) is 18.8. The molecule has 0 heterocycles. The van der Waals surface area contributed by atoms with Crippen molar-refractivity contribution in [1.29, 1.82) is 0 Å². The number of nitrogens with one attached hydrogen (secondary N) is 1. The topological polar surface area (TPSA) is 64.3 Å². The summed E-state index contributed by atoms with van der Waals surface area (Å²) in [5.74, 6) is 1.09. The van der Waals surface area contributed by atoms with Crippen LogP contribution in [-0.4, -0.2) is 19.6 Å². The molecule has 2 aromatic rings. The molecule has 2 aromatic carbocycles. The van der Waals surface area contributed by atoms with Gasteiger partial charge in [-0.3, -0.25) is 4.79 Å². The maximum absolute atomic E-state index is 12.1. The number of hydrogen-bond acceptors (Lipinski definition) is 3. The summed E-state index contributed by atoms with van der Waals surface area (Å²) in [6, 6.07) is 15.1. The van der Waals surface area contributed by atoms with E-state index in [9.17, 15) is 4.79 Å². The second-order valence-electron chi connectivity index (χ2n) is 5.31. The third kappa shape index (κ3) is 5.18. The molecule has 23 heavy (non-hydrogen) atoms. The molecule has 1 unspecified atom stereocenters. The number of carbonyl (C=O) groups excluding carboxylic acids is 1. The fourth-order valence-corrected chi connectivity index (χ4v) is 2.30. The molecule has 1 amide bonds. The molecule has 0 radical (unpaired) electrons. The Morgan fingerprint density at radius 1 is 1.17 bits per heavy atom. The van der Waals surface area contributed by atoms with Gasteiger partial charge in [0.05, 0.1) is 12.7 Å². The Labute approximate surface area is 143 Å². The lowest BCUT2D eigenvalue weighted by molar-refractivity contribution is 0.0953. The molecule has 5 heteroatoms. The van der Waals surface area contributed by atoms with E-state index >= 15 is 0 Å². The number of rotatable bonds is 6. The third-order valence-corrected chi connectivity index (χ3v) is 3.75. The highest BCUT2D eigenvalue weighted by Gasteiger charge is 2.10. The maximum atomic E-state index is 12.1. The van der Waals surface area contributed by atoms with Gasteiger partial charge in [-0.1, -0.05) is 31.2 Å². The fourth-order valence-electron chi connectivity index (χ4n) is 2.30. The first-order chi connectivity index (χ1) is 10.6. The molecular formula is C18H23ClN2O2. The van der Waals surface area contributed by atoms with Crippen LogP contribution in [0.4, 0.5) is 5.69 Å². The van der Waals surface area contributed by atoms with Crippen LogP contribution in [0.3, 0.4) is 0 Å². The number of nitrogens with two attached hydrogens (primary N) is 1. The van der Waals surface area contributed by atoms with Gasteiger partial charge in [-0.25, -0.2) is 0 Å². The number of hydrogen-bond donors (Lipinski definition) is 2. The summed E-state index contributed by atoms with van der Waals surface area (Å²) in [5.41, 5.74) is 8.06. The van der Waals surface area contributed by atoms with Crippen molar-refractivity contribution in [3.8, 4) is 5.75 Å². The normalized spacial score (nSPS) is 11.2. The standard InChI is InChI=1S/C18H22N2O2.ClH/c1-13(14-7-9-15(22-2)10-8-14)11-12-20-18(21)16-5-3-4-6-17(16)19;/h3-10,13H,11-12,19H2,1-2H3,(H,20,21);1H. The van der Waals surface area contributed by atoms with Gasteiger partial charge in [0.25, 0.3) is 5.91 Å². The van der Waals surface area contributed by atoms with E-state index in [0.717, 1.165) is 12.2 Å². The Kier molecular flexibility index (Phi) is 7.42. The van der Waals surface area contributed by atoms with Gasteiger partial charge in [-0.05, 0) is 42.2 Å². The van der Waals surface area contributed by atoms with Gasteiger partial charge in [-0.2, -0.15) is 0 Å². The van der Waals surface area contributed by atoms with E-state index in [4.69, 9.17) is 10.5 Å². The molecule has 0 spiro atoms. The monoisotopic (exact) mass is 334 g/mol. The summed E-state index contributed by atoms with van der Waals surface area (Å²) in [6.45, 7) is 2.76. The molecule has 0 bridgehead atoms. The van der Waals surface area contributed by atoms with Gasteiger partial charge in [0, 0.05) is 12.2 Å². The molecule has 1 atom stereocenters. The highest BCUT2D eigenvalue weighted by molar-refractivity contribution is 5.99. The number of benzene rings is 2. The number of para-hydroxylation sites is 1. The van der Waals surface area contributed by atoms with Crippen molar-refractivity contribution in [3.63, 3.8) is 0 Å². The Bertz CT molecular complexity index is 629. The molecule has 3 N–H and O–H groups in total. The van der Waals surface area contributed by atoms with Crippen molar-refractivity contribution in [2.45, 2.75) is 19.3 Å². The van der Waals surface area contributed by atoms with Crippen LogP contribution in [-0.2, 0) is 0 Å². The zero-order chi connectivity index (χ0) is 15.9. The van der Waals surface area contributed by atoms with Gasteiger partial charge in [0.15, 0.2) is 0 Å². The number of carbonyl (C=O) groups is 1. The van der Waals surface area contributed by atoms with E-state index in [2.05, 4.69) is 24.4 Å². The predicted molar refractivity (Wildman–Crippen MR) is 96.5 cm³/mol. The number of halogens is 1. The van der Waals surface area contributed by atoms with Crippen LogP contribution in [0.25, 0.3) is 0 Å². The minimum absolute atomic E-state index is 0.